The summed E-state index contributed by atoms with van der Waals surface area (Å²) >= 11 is 0. The third kappa shape index (κ3) is 6.80. The minimum atomic E-state index is -1.42. The van der Waals surface area contributed by atoms with Gasteiger partial charge in [-0.15, -0.1) is 0 Å². The Kier molecular flexibility index (Phi) is 9.70. The molecule has 2 aromatic heterocycles. The van der Waals surface area contributed by atoms with Crippen LogP contribution >= 0.6 is 0 Å². The van der Waals surface area contributed by atoms with Gasteiger partial charge in [0.1, 0.15) is 19.0 Å². The monoisotopic (exact) mass is 634 g/mol. The number of halogens is 2. The van der Waals surface area contributed by atoms with E-state index in [1.54, 1.807) is 19.4 Å². The summed E-state index contributed by atoms with van der Waals surface area (Å²) in [5, 5.41) is 1.16. The zero-order valence-electron chi connectivity index (χ0n) is 26.2. The summed E-state index contributed by atoms with van der Waals surface area (Å²) in [6.07, 6.45) is 2.15. The van der Waals surface area contributed by atoms with Crippen LogP contribution in [-0.2, 0) is 22.5 Å². The quantitative estimate of drug-likeness (QED) is 0.192. The lowest BCUT2D eigenvalue weighted by molar-refractivity contribution is -0.147. The first kappa shape index (κ1) is 31.7. The Balaban J connectivity index is 1.20. The van der Waals surface area contributed by atoms with Crippen LogP contribution in [0.5, 0.6) is 11.6 Å². The average Bonchev–Trinajstić information content (AvgIpc) is 3.43. The first-order valence-electron chi connectivity index (χ1n) is 15.7. The van der Waals surface area contributed by atoms with E-state index in [4.69, 9.17) is 18.9 Å². The van der Waals surface area contributed by atoms with Gasteiger partial charge < -0.3 is 28.8 Å². The molecule has 0 saturated carbocycles. The molecule has 1 N–H and O–H groups in total. The van der Waals surface area contributed by atoms with Crippen LogP contribution in [-0.4, -0.2) is 90.8 Å². The van der Waals surface area contributed by atoms with E-state index in [0.717, 1.165) is 34.1 Å². The minimum Gasteiger partial charge on any atom is -0.496 e. The number of pyridine rings is 1. The van der Waals surface area contributed by atoms with Crippen molar-refractivity contribution in [3.8, 4) is 11.6 Å². The van der Waals surface area contributed by atoms with Crippen molar-refractivity contribution in [2.24, 2.45) is 0 Å². The second kappa shape index (κ2) is 14.0. The molecule has 0 radical (unpaired) electrons. The maximum absolute atomic E-state index is 15.6. The van der Waals surface area contributed by atoms with Crippen LogP contribution in [0.2, 0.25) is 0 Å². The largest absolute Gasteiger partial charge is 0.496 e. The van der Waals surface area contributed by atoms with Gasteiger partial charge in [0.05, 0.1) is 39.6 Å². The molecule has 0 aliphatic carbocycles. The van der Waals surface area contributed by atoms with Gasteiger partial charge in [-0.1, -0.05) is 48.5 Å². The fraction of sp³-hybridized carbons (Fsp3) is 0.429. The number of methoxy groups -OCH3 is 1. The number of para-hydroxylation sites is 1. The topological polar surface area (TPSA) is 89.2 Å². The van der Waals surface area contributed by atoms with E-state index < -0.39 is 18.4 Å². The summed E-state index contributed by atoms with van der Waals surface area (Å²) in [6.45, 7) is 2.57. The lowest BCUT2D eigenvalue weighted by atomic mass is 9.87. The molecule has 11 heteroatoms. The maximum atomic E-state index is 15.6. The number of hydrogen-bond acceptors (Lipinski definition) is 7. The molecular weight excluding hydrogens is 594 g/mol. The number of H-pyrrole nitrogens is 1. The van der Waals surface area contributed by atoms with Crippen molar-refractivity contribution < 1.29 is 32.5 Å². The normalized spacial score (nSPS) is 18.9. The predicted molar refractivity (Wildman–Crippen MR) is 170 cm³/mol. The summed E-state index contributed by atoms with van der Waals surface area (Å²) in [5.74, 6) is 0.860. The summed E-state index contributed by atoms with van der Waals surface area (Å²) in [4.78, 5) is 24.6. The Morgan fingerprint density at radius 2 is 1.93 bits per heavy atom. The third-order valence-corrected chi connectivity index (χ3v) is 8.73. The number of amides is 1. The van der Waals surface area contributed by atoms with Gasteiger partial charge in [-0.3, -0.25) is 9.29 Å². The Labute approximate surface area is 267 Å². The number of carbonyl (C=O) groups is 1. The van der Waals surface area contributed by atoms with Crippen LogP contribution < -0.4 is 9.47 Å². The average molecular weight is 635 g/mol. The number of carbonyl (C=O) groups excluding carboxylic acids is 1. The molecule has 6 rings (SSSR count). The number of hydrogen-bond donors (Lipinski definition) is 1. The molecule has 1 fully saturated rings. The van der Waals surface area contributed by atoms with Crippen LogP contribution in [0, 0.1) is 0 Å². The van der Waals surface area contributed by atoms with Crippen molar-refractivity contribution in [2.75, 3.05) is 53.2 Å². The third-order valence-electron chi connectivity index (χ3n) is 8.73. The molecule has 244 valence electrons. The highest BCUT2D eigenvalue weighted by molar-refractivity contribution is 5.85. The zero-order chi connectivity index (χ0) is 32.1. The second-order valence-electron chi connectivity index (χ2n) is 12.0. The summed E-state index contributed by atoms with van der Waals surface area (Å²) in [6, 6.07) is 19.0. The molecule has 0 bridgehead atoms. The van der Waals surface area contributed by atoms with E-state index in [-0.39, 0.29) is 64.6 Å². The number of ether oxygens (including phenoxy) is 4. The lowest BCUT2D eigenvalue weighted by Crippen LogP contribution is -2.57. The van der Waals surface area contributed by atoms with E-state index in [2.05, 4.69) is 33.9 Å². The Hall–Kier alpha value is -4.22. The number of aromatic amines is 1. The lowest BCUT2D eigenvalue weighted by Gasteiger charge is -2.46. The molecule has 0 spiro atoms. The summed E-state index contributed by atoms with van der Waals surface area (Å²) < 4.78 is 51.1. The molecule has 9 nitrogen and oxygen atoms in total. The van der Waals surface area contributed by atoms with E-state index in [9.17, 15) is 9.18 Å². The first-order chi connectivity index (χ1) is 22.4. The predicted octanol–water partition coefficient (Wildman–Crippen LogP) is 6.02. The Morgan fingerprint density at radius 3 is 2.67 bits per heavy atom. The number of nitrogens with zero attached hydrogens (tertiary/aromatic N) is 3. The van der Waals surface area contributed by atoms with E-state index >= 15 is 4.39 Å². The van der Waals surface area contributed by atoms with Crippen LogP contribution in [0.15, 0.2) is 66.9 Å². The number of rotatable bonds is 13. The molecule has 2 atom stereocenters. The fourth-order valence-electron chi connectivity index (χ4n) is 6.34. The second-order valence-corrected chi connectivity index (χ2v) is 12.0. The van der Waals surface area contributed by atoms with Crippen molar-refractivity contribution in [2.45, 2.75) is 44.1 Å². The van der Waals surface area contributed by atoms with Gasteiger partial charge in [-0.05, 0) is 37.0 Å². The highest BCUT2D eigenvalue weighted by atomic mass is 19.1. The molecule has 1 saturated heterocycles. The van der Waals surface area contributed by atoms with Gasteiger partial charge >= 0.3 is 6.09 Å². The minimum absolute atomic E-state index is 0.0440. The van der Waals surface area contributed by atoms with Gasteiger partial charge in [0.25, 0.3) is 0 Å². The van der Waals surface area contributed by atoms with Gasteiger partial charge in [0.15, 0.2) is 5.67 Å². The molecule has 2 aliphatic heterocycles. The number of benzene rings is 2. The van der Waals surface area contributed by atoms with Gasteiger partial charge in [-0.2, -0.15) is 0 Å². The SMILES string of the molecule is COc1cc(OCCN(CCCF)C(=O)OCc2ccccc2)ncc1[C@@H]1c2[nH]c3ccccc3c2C[C@@H](C)N1CC1(F)COC1. The van der Waals surface area contributed by atoms with Crippen molar-refractivity contribution >= 4 is 17.0 Å². The Morgan fingerprint density at radius 1 is 1.15 bits per heavy atom. The zero-order valence-corrected chi connectivity index (χ0v) is 26.2. The molecular formula is C35H40F2N4O5. The van der Waals surface area contributed by atoms with Crippen molar-refractivity contribution in [3.05, 3.63) is 89.2 Å². The number of fused-ring (bicyclic) bond motifs is 3. The van der Waals surface area contributed by atoms with E-state index in [0.29, 0.717) is 11.6 Å². The molecule has 1 amide bonds. The van der Waals surface area contributed by atoms with Crippen molar-refractivity contribution in [1.29, 1.82) is 0 Å². The first-order valence-corrected chi connectivity index (χ1v) is 15.7. The molecule has 2 aromatic carbocycles. The van der Waals surface area contributed by atoms with Crippen molar-refractivity contribution in [1.82, 2.24) is 19.8 Å². The van der Waals surface area contributed by atoms with E-state index in [1.165, 1.54) is 10.5 Å². The standard InChI is InChI=1S/C35H40F2N4O5/c1-24-17-27-26-11-6-7-12-29(26)39-32(27)33(41(24)21-35(37)22-44-23-35)28-19-38-31(18-30(28)43-2)45-16-15-40(14-8-13-36)34(42)46-20-25-9-4-3-5-10-25/h3-7,9-12,18-19,24,33,39H,8,13-17,20-23H2,1-2H3/t24-,33-/m1/s1. The Bertz CT molecular complexity index is 1630. The number of aromatic nitrogens is 2. The number of nitrogens with one attached hydrogen (secondary N) is 1. The highest BCUT2D eigenvalue weighted by Gasteiger charge is 2.46. The molecule has 4 heterocycles. The fourth-order valence-corrected chi connectivity index (χ4v) is 6.34. The molecule has 0 unspecified atom stereocenters. The number of alkyl halides is 2. The smallest absolute Gasteiger partial charge is 0.410 e. The van der Waals surface area contributed by atoms with Crippen molar-refractivity contribution in [3.63, 3.8) is 0 Å². The van der Waals surface area contributed by atoms with Crippen LogP contribution in [0.1, 0.15) is 41.8 Å². The summed E-state index contributed by atoms with van der Waals surface area (Å²) in [5.41, 5.74) is 3.45. The van der Waals surface area contributed by atoms with E-state index in [1.807, 2.05) is 42.5 Å². The van der Waals surface area contributed by atoms with Gasteiger partial charge in [0.2, 0.25) is 5.88 Å². The highest BCUT2D eigenvalue weighted by Crippen LogP contribution is 2.45. The molecule has 4 aromatic rings. The molecule has 46 heavy (non-hydrogen) atoms. The van der Waals surface area contributed by atoms with Gasteiger partial charge in [0, 0.05) is 53.6 Å². The van der Waals surface area contributed by atoms with Crippen LogP contribution in [0.3, 0.4) is 0 Å². The van der Waals surface area contributed by atoms with Crippen LogP contribution in [0.4, 0.5) is 13.6 Å². The van der Waals surface area contributed by atoms with Gasteiger partial charge in [-0.25, -0.2) is 14.2 Å². The van der Waals surface area contributed by atoms with Crippen LogP contribution in [0.25, 0.3) is 10.9 Å². The molecule has 2 aliphatic rings. The summed E-state index contributed by atoms with van der Waals surface area (Å²) in [7, 11) is 1.59. The maximum Gasteiger partial charge on any atom is 0.410 e.